The highest BCUT2D eigenvalue weighted by Gasteiger charge is 2.20. The van der Waals surface area contributed by atoms with E-state index >= 15 is 0 Å². The lowest BCUT2D eigenvalue weighted by Crippen LogP contribution is -2.13. The van der Waals surface area contributed by atoms with E-state index in [1.807, 2.05) is 13.0 Å². The molecular weight excluding hydrogens is 420 g/mol. The second kappa shape index (κ2) is 13.3. The van der Waals surface area contributed by atoms with Gasteiger partial charge in [-0.3, -0.25) is 4.79 Å². The predicted octanol–water partition coefficient (Wildman–Crippen LogP) is 6.52. The smallest absolute Gasteiger partial charge is 0.383 e. The lowest BCUT2D eigenvalue weighted by molar-refractivity contribution is -0.132. The van der Waals surface area contributed by atoms with Gasteiger partial charge in [0.15, 0.2) is 5.75 Å². The molecule has 0 spiro atoms. The average molecular weight is 455 g/mol. The van der Waals surface area contributed by atoms with Crippen LogP contribution in [0.5, 0.6) is 17.2 Å². The van der Waals surface area contributed by atoms with Crippen molar-refractivity contribution < 1.29 is 23.4 Å². The first-order valence-electron chi connectivity index (χ1n) is 11.3. The maximum Gasteiger partial charge on any atom is 0.383 e. The molecule has 0 N–H and O–H groups in total. The van der Waals surface area contributed by atoms with Crippen LogP contribution < -0.4 is 19.8 Å². The van der Waals surface area contributed by atoms with Gasteiger partial charge in [-0.1, -0.05) is 36.3 Å². The standard InChI is InChI=1S/C27H34O6/c1-6-7-8-9-16-30-22-13-14-23-24(18-22)33-27(29)26(32-21(5)28)25(23)31-17-15-20(4)12-10-11-19(2)3/h7-8,11,13-15,18H,6,9-10,12,16-17H2,1-5H3/b8-7?,20-15+. The number of carbonyl (C=O) groups is 1. The zero-order valence-corrected chi connectivity index (χ0v) is 20.2. The van der Waals surface area contributed by atoms with E-state index in [1.165, 1.54) is 18.1 Å². The zero-order chi connectivity index (χ0) is 24.2. The molecule has 178 valence electrons. The van der Waals surface area contributed by atoms with Crippen molar-refractivity contribution in [2.75, 3.05) is 13.2 Å². The minimum absolute atomic E-state index is 0.183. The number of hydrogen-bond donors (Lipinski definition) is 0. The molecule has 0 bridgehead atoms. The van der Waals surface area contributed by atoms with Gasteiger partial charge in [0.2, 0.25) is 0 Å². The van der Waals surface area contributed by atoms with Crippen LogP contribution in [0.1, 0.15) is 60.3 Å². The van der Waals surface area contributed by atoms with Gasteiger partial charge in [-0.15, -0.1) is 0 Å². The van der Waals surface area contributed by atoms with Gasteiger partial charge in [0, 0.05) is 13.0 Å². The number of hydrogen-bond acceptors (Lipinski definition) is 6. The van der Waals surface area contributed by atoms with E-state index in [-0.39, 0.29) is 18.1 Å². The van der Waals surface area contributed by atoms with Crippen LogP contribution in [0.4, 0.5) is 0 Å². The van der Waals surface area contributed by atoms with Gasteiger partial charge in [-0.05, 0) is 64.7 Å². The van der Waals surface area contributed by atoms with Gasteiger partial charge in [-0.25, -0.2) is 4.79 Å². The van der Waals surface area contributed by atoms with Crippen molar-refractivity contribution in [1.82, 2.24) is 0 Å². The largest absolute Gasteiger partial charge is 0.493 e. The third kappa shape index (κ3) is 8.64. The highest BCUT2D eigenvalue weighted by molar-refractivity contribution is 5.87. The Kier molecular flexibility index (Phi) is 10.5. The van der Waals surface area contributed by atoms with Crippen LogP contribution in [-0.2, 0) is 4.79 Å². The summed E-state index contributed by atoms with van der Waals surface area (Å²) in [7, 11) is 0. The third-order valence-electron chi connectivity index (χ3n) is 4.74. The van der Waals surface area contributed by atoms with E-state index in [0.717, 1.165) is 25.7 Å². The van der Waals surface area contributed by atoms with Crippen LogP contribution in [0.25, 0.3) is 11.0 Å². The molecule has 0 saturated heterocycles. The van der Waals surface area contributed by atoms with Crippen molar-refractivity contribution in [3.63, 3.8) is 0 Å². The summed E-state index contributed by atoms with van der Waals surface area (Å²) < 4.78 is 22.2. The summed E-state index contributed by atoms with van der Waals surface area (Å²) >= 11 is 0. The van der Waals surface area contributed by atoms with Crippen LogP contribution in [-0.4, -0.2) is 19.2 Å². The van der Waals surface area contributed by atoms with Crippen LogP contribution >= 0.6 is 0 Å². The van der Waals surface area contributed by atoms with E-state index in [4.69, 9.17) is 18.6 Å². The molecule has 33 heavy (non-hydrogen) atoms. The molecule has 2 rings (SSSR count). The lowest BCUT2D eigenvalue weighted by Gasteiger charge is -2.12. The molecule has 0 amide bonds. The molecule has 0 aliphatic heterocycles. The van der Waals surface area contributed by atoms with E-state index in [0.29, 0.717) is 23.3 Å². The van der Waals surface area contributed by atoms with Gasteiger partial charge in [0.25, 0.3) is 5.75 Å². The number of carbonyl (C=O) groups excluding carboxylic acids is 1. The van der Waals surface area contributed by atoms with Crippen molar-refractivity contribution in [2.24, 2.45) is 0 Å². The lowest BCUT2D eigenvalue weighted by atomic mass is 10.1. The van der Waals surface area contributed by atoms with Crippen LogP contribution in [0.2, 0.25) is 0 Å². The number of benzene rings is 1. The molecule has 2 aromatic rings. The van der Waals surface area contributed by atoms with Crippen molar-refractivity contribution in [3.8, 4) is 17.2 Å². The topological polar surface area (TPSA) is 75.0 Å². The Morgan fingerprint density at radius 2 is 1.79 bits per heavy atom. The summed E-state index contributed by atoms with van der Waals surface area (Å²) in [6.45, 7) is 10.2. The molecule has 0 aliphatic carbocycles. The third-order valence-corrected chi connectivity index (χ3v) is 4.74. The van der Waals surface area contributed by atoms with Crippen LogP contribution in [0.15, 0.2) is 62.9 Å². The Bertz CT molecular complexity index is 1080. The van der Waals surface area contributed by atoms with Crippen molar-refractivity contribution in [3.05, 3.63) is 64.1 Å². The van der Waals surface area contributed by atoms with Crippen molar-refractivity contribution >= 4 is 16.9 Å². The molecule has 1 aromatic heterocycles. The van der Waals surface area contributed by atoms with Crippen LogP contribution in [0, 0.1) is 0 Å². The van der Waals surface area contributed by atoms with Crippen molar-refractivity contribution in [2.45, 2.75) is 60.3 Å². The first-order chi connectivity index (χ1) is 15.8. The molecule has 6 heteroatoms. The summed E-state index contributed by atoms with van der Waals surface area (Å²) in [5.41, 5.74) is 1.98. The van der Waals surface area contributed by atoms with Gasteiger partial charge in [0.05, 0.1) is 12.0 Å². The highest BCUT2D eigenvalue weighted by atomic mass is 16.6. The Hall–Kier alpha value is -3.28. The summed E-state index contributed by atoms with van der Waals surface area (Å²) in [6.07, 6.45) is 11.9. The monoisotopic (exact) mass is 454 g/mol. The molecule has 0 atom stereocenters. The molecular formula is C27H34O6. The van der Waals surface area contributed by atoms with Gasteiger partial charge < -0.3 is 18.6 Å². The van der Waals surface area contributed by atoms with E-state index < -0.39 is 11.6 Å². The first kappa shape index (κ1) is 26.0. The summed E-state index contributed by atoms with van der Waals surface area (Å²) in [5, 5.41) is 0.527. The Morgan fingerprint density at radius 1 is 1.00 bits per heavy atom. The quantitative estimate of drug-likeness (QED) is 0.157. The molecule has 0 fully saturated rings. The molecule has 1 aromatic carbocycles. The minimum Gasteiger partial charge on any atom is -0.493 e. The average Bonchev–Trinajstić information content (AvgIpc) is 2.75. The minimum atomic E-state index is -0.778. The summed E-state index contributed by atoms with van der Waals surface area (Å²) in [5.74, 6) is -0.108. The van der Waals surface area contributed by atoms with E-state index in [1.54, 1.807) is 18.2 Å². The van der Waals surface area contributed by atoms with E-state index in [9.17, 15) is 9.59 Å². The molecule has 6 nitrogen and oxygen atoms in total. The number of rotatable bonds is 12. The fourth-order valence-corrected chi connectivity index (χ4v) is 3.09. The maximum atomic E-state index is 12.5. The van der Waals surface area contributed by atoms with Gasteiger partial charge >= 0.3 is 11.6 Å². The normalized spacial score (nSPS) is 11.6. The second-order valence-electron chi connectivity index (χ2n) is 8.00. The fourth-order valence-electron chi connectivity index (χ4n) is 3.09. The predicted molar refractivity (Wildman–Crippen MR) is 131 cm³/mol. The van der Waals surface area contributed by atoms with Crippen molar-refractivity contribution in [1.29, 1.82) is 0 Å². The molecule has 0 saturated carbocycles. The highest BCUT2D eigenvalue weighted by Crippen LogP contribution is 2.35. The number of fused-ring (bicyclic) bond motifs is 1. The van der Waals surface area contributed by atoms with Gasteiger partial charge in [-0.2, -0.15) is 0 Å². The Labute approximate surface area is 195 Å². The number of allylic oxidation sites excluding steroid dienone is 4. The second-order valence-corrected chi connectivity index (χ2v) is 8.00. The Morgan fingerprint density at radius 3 is 2.48 bits per heavy atom. The van der Waals surface area contributed by atoms with Gasteiger partial charge in [0.1, 0.15) is 17.9 Å². The van der Waals surface area contributed by atoms with E-state index in [2.05, 4.69) is 39.0 Å². The SMILES string of the molecule is CCC=CCCOc1ccc2c(OC/C=C(\C)CCC=C(C)C)c(OC(C)=O)c(=O)oc2c1. The first-order valence-corrected chi connectivity index (χ1v) is 11.3. The summed E-state index contributed by atoms with van der Waals surface area (Å²) in [6, 6.07) is 5.16. The summed E-state index contributed by atoms with van der Waals surface area (Å²) in [4.78, 5) is 24.1. The van der Waals surface area contributed by atoms with Crippen LogP contribution in [0.3, 0.4) is 0 Å². The molecule has 1 heterocycles. The number of ether oxygens (including phenoxy) is 3. The fraction of sp³-hybridized carbons (Fsp3) is 0.407. The molecule has 0 unspecified atom stereocenters. The molecule has 0 aliphatic rings. The molecule has 0 radical (unpaired) electrons. The zero-order valence-electron chi connectivity index (χ0n) is 20.2. The maximum absolute atomic E-state index is 12.5. The number of esters is 1. The Balaban J connectivity index is 2.26.